The summed E-state index contributed by atoms with van der Waals surface area (Å²) in [6, 6.07) is 11.0. The van der Waals surface area contributed by atoms with Gasteiger partial charge in [0.15, 0.2) is 12.4 Å². The first-order valence-corrected chi connectivity index (χ1v) is 8.93. The summed E-state index contributed by atoms with van der Waals surface area (Å²) >= 11 is 0. The summed E-state index contributed by atoms with van der Waals surface area (Å²) < 4.78 is 13.3. The van der Waals surface area contributed by atoms with Crippen LogP contribution in [0.15, 0.2) is 78.9 Å². The Balaban J connectivity index is 1.85. The quantitative estimate of drug-likeness (QED) is 0.384. The molecule has 0 spiro atoms. The molecule has 1 N–H and O–H groups in total. The standard InChI is InChI=1S/C22H16FN3O3/c23-17-7-5-15(6-8-17)20(27)18-19(16-4-2-10-25-12-16)26(22(29)21(18)28)13-14-3-1-9-24-11-14/h1-12,19,27H,13H2/b20-18+. The normalized spacial score (nSPS) is 18.2. The highest BCUT2D eigenvalue weighted by molar-refractivity contribution is 6.46. The fourth-order valence-electron chi connectivity index (χ4n) is 3.40. The number of likely N-dealkylation sites (tertiary alicyclic amines) is 1. The maximum atomic E-state index is 13.3. The van der Waals surface area contributed by atoms with Crippen molar-refractivity contribution in [2.75, 3.05) is 0 Å². The molecule has 0 aliphatic carbocycles. The number of aromatic amines is 1. The molecule has 1 atom stereocenters. The zero-order chi connectivity index (χ0) is 20.4. The van der Waals surface area contributed by atoms with E-state index in [1.54, 1.807) is 36.8 Å². The van der Waals surface area contributed by atoms with Crippen molar-refractivity contribution in [2.45, 2.75) is 12.6 Å². The van der Waals surface area contributed by atoms with Crippen molar-refractivity contribution < 1.29 is 24.1 Å². The van der Waals surface area contributed by atoms with Gasteiger partial charge in [-0.3, -0.25) is 14.6 Å². The molecule has 7 heteroatoms. The number of pyridine rings is 2. The summed E-state index contributed by atoms with van der Waals surface area (Å²) in [6.45, 7) is 0.141. The smallest absolute Gasteiger partial charge is 0.295 e. The Morgan fingerprint density at radius 2 is 1.93 bits per heavy atom. The van der Waals surface area contributed by atoms with Gasteiger partial charge in [0.2, 0.25) is 5.78 Å². The molecule has 1 saturated heterocycles. The second-order valence-electron chi connectivity index (χ2n) is 6.61. The molecule has 29 heavy (non-hydrogen) atoms. The number of benzene rings is 1. The van der Waals surface area contributed by atoms with E-state index in [-0.39, 0.29) is 17.7 Å². The van der Waals surface area contributed by atoms with E-state index in [0.717, 1.165) is 17.7 Å². The van der Waals surface area contributed by atoms with Gasteiger partial charge in [0.1, 0.15) is 5.82 Å². The molecule has 0 radical (unpaired) electrons. The van der Waals surface area contributed by atoms with Crippen LogP contribution >= 0.6 is 0 Å². The monoisotopic (exact) mass is 389 g/mol. The van der Waals surface area contributed by atoms with Gasteiger partial charge >= 0.3 is 0 Å². The molecular formula is C22H16FN3O3. The number of aromatic nitrogens is 2. The molecule has 2 aromatic heterocycles. The summed E-state index contributed by atoms with van der Waals surface area (Å²) in [4.78, 5) is 34.0. The van der Waals surface area contributed by atoms with E-state index in [1.807, 2.05) is 6.07 Å². The minimum atomic E-state index is -0.874. The Kier molecular flexibility index (Phi) is 4.87. The van der Waals surface area contributed by atoms with Crippen molar-refractivity contribution in [3.8, 4) is 0 Å². The SMILES string of the molecule is O=C1C(=O)N(Cc2ccc[nH+]c2)C(c2cccnc2)/C1=C(\[O-])c1ccc(F)cc1. The van der Waals surface area contributed by atoms with Crippen LogP contribution in [0, 0.1) is 5.82 Å². The van der Waals surface area contributed by atoms with Crippen molar-refractivity contribution >= 4 is 17.4 Å². The number of nitrogens with one attached hydrogen (secondary N) is 1. The summed E-state index contributed by atoms with van der Waals surface area (Å²) in [5.74, 6) is -2.70. The first-order valence-electron chi connectivity index (χ1n) is 8.93. The van der Waals surface area contributed by atoms with Gasteiger partial charge in [-0.15, -0.1) is 0 Å². The summed E-state index contributed by atoms with van der Waals surface area (Å²) in [5, 5.41) is 13.1. The molecule has 1 aromatic carbocycles. The highest BCUT2D eigenvalue weighted by Crippen LogP contribution is 2.39. The van der Waals surface area contributed by atoms with Crippen LogP contribution in [0.4, 0.5) is 4.39 Å². The van der Waals surface area contributed by atoms with Crippen LogP contribution in [0.5, 0.6) is 0 Å². The Bertz CT molecular complexity index is 1080. The number of nitrogens with zero attached hydrogens (tertiary/aromatic N) is 2. The number of rotatable bonds is 4. The highest BCUT2D eigenvalue weighted by atomic mass is 19.1. The number of ketones is 1. The van der Waals surface area contributed by atoms with Gasteiger partial charge in [-0.2, -0.15) is 0 Å². The van der Waals surface area contributed by atoms with Crippen LogP contribution in [-0.2, 0) is 16.1 Å². The Morgan fingerprint density at radius 1 is 1.14 bits per heavy atom. The van der Waals surface area contributed by atoms with E-state index in [9.17, 15) is 19.1 Å². The number of halogens is 1. The van der Waals surface area contributed by atoms with Gasteiger partial charge in [0.25, 0.3) is 5.91 Å². The predicted octanol–water partition coefficient (Wildman–Crippen LogP) is 1.46. The maximum absolute atomic E-state index is 13.3. The summed E-state index contributed by atoms with van der Waals surface area (Å²) in [5.41, 5.74) is 1.32. The van der Waals surface area contributed by atoms with Gasteiger partial charge < -0.3 is 10.0 Å². The van der Waals surface area contributed by atoms with Gasteiger partial charge in [-0.05, 0) is 35.4 Å². The van der Waals surface area contributed by atoms with Crippen LogP contribution in [0.3, 0.4) is 0 Å². The Labute approximate surface area is 166 Å². The number of hydrogen-bond acceptors (Lipinski definition) is 4. The molecule has 144 valence electrons. The molecule has 3 aromatic rings. The topological polar surface area (TPSA) is 87.5 Å². The Morgan fingerprint density at radius 3 is 2.59 bits per heavy atom. The molecule has 3 heterocycles. The molecule has 1 fully saturated rings. The lowest BCUT2D eigenvalue weighted by Gasteiger charge is -2.27. The lowest BCUT2D eigenvalue weighted by Crippen LogP contribution is -2.29. The van der Waals surface area contributed by atoms with E-state index in [1.165, 1.54) is 23.2 Å². The van der Waals surface area contributed by atoms with Crippen molar-refractivity contribution in [3.63, 3.8) is 0 Å². The molecule has 1 amide bonds. The lowest BCUT2D eigenvalue weighted by molar-refractivity contribution is -0.378. The van der Waals surface area contributed by atoms with Crippen molar-refractivity contribution in [2.24, 2.45) is 0 Å². The second kappa shape index (κ2) is 7.63. The van der Waals surface area contributed by atoms with Gasteiger partial charge in [0, 0.05) is 29.6 Å². The van der Waals surface area contributed by atoms with Crippen LogP contribution in [0.25, 0.3) is 5.76 Å². The third-order valence-corrected chi connectivity index (χ3v) is 4.76. The first-order chi connectivity index (χ1) is 14.1. The van der Waals surface area contributed by atoms with Crippen molar-refractivity contribution in [1.82, 2.24) is 9.88 Å². The molecule has 1 aliphatic heterocycles. The van der Waals surface area contributed by atoms with Crippen LogP contribution in [-0.4, -0.2) is 21.6 Å². The van der Waals surface area contributed by atoms with E-state index in [0.29, 0.717) is 5.56 Å². The molecule has 1 aliphatic rings. The summed E-state index contributed by atoms with van der Waals surface area (Å²) in [7, 11) is 0. The fraction of sp³-hybridized carbons (Fsp3) is 0.0909. The number of carbonyl (C=O) groups excluding carboxylic acids is 2. The zero-order valence-electron chi connectivity index (χ0n) is 15.2. The van der Waals surface area contributed by atoms with Gasteiger partial charge in [0.05, 0.1) is 12.6 Å². The molecule has 0 saturated carbocycles. The van der Waals surface area contributed by atoms with Crippen molar-refractivity contribution in [3.05, 3.63) is 101 Å². The second-order valence-corrected chi connectivity index (χ2v) is 6.61. The zero-order valence-corrected chi connectivity index (χ0v) is 15.2. The fourth-order valence-corrected chi connectivity index (χ4v) is 3.40. The lowest BCUT2D eigenvalue weighted by atomic mass is 9.96. The third kappa shape index (κ3) is 3.50. The first kappa shape index (κ1) is 18.5. The molecule has 0 bridgehead atoms. The van der Waals surface area contributed by atoms with Crippen LogP contribution in [0.1, 0.15) is 22.7 Å². The largest absolute Gasteiger partial charge is 0.872 e. The average Bonchev–Trinajstić information content (AvgIpc) is 3.00. The maximum Gasteiger partial charge on any atom is 0.295 e. The Hall–Kier alpha value is -3.87. The molecule has 4 rings (SSSR count). The van der Waals surface area contributed by atoms with E-state index >= 15 is 0 Å². The molecule has 6 nitrogen and oxygen atoms in total. The number of hydrogen-bond donors (Lipinski definition) is 0. The number of H-pyrrole nitrogens is 1. The van der Waals surface area contributed by atoms with Gasteiger partial charge in [-0.1, -0.05) is 24.0 Å². The number of Topliss-reactive ketones (excluding diaryl/α,β-unsaturated/α-hetero) is 1. The van der Waals surface area contributed by atoms with Crippen LogP contribution < -0.4 is 10.1 Å². The van der Waals surface area contributed by atoms with Crippen molar-refractivity contribution in [1.29, 1.82) is 0 Å². The predicted molar refractivity (Wildman–Crippen MR) is 98.9 cm³/mol. The van der Waals surface area contributed by atoms with E-state index in [2.05, 4.69) is 9.97 Å². The average molecular weight is 389 g/mol. The summed E-state index contributed by atoms with van der Waals surface area (Å²) in [6.07, 6.45) is 6.55. The number of amides is 1. The third-order valence-electron chi connectivity index (χ3n) is 4.76. The molecule has 1 unspecified atom stereocenters. The minimum Gasteiger partial charge on any atom is -0.872 e. The van der Waals surface area contributed by atoms with Gasteiger partial charge in [-0.25, -0.2) is 9.37 Å². The van der Waals surface area contributed by atoms with E-state index in [4.69, 9.17) is 0 Å². The van der Waals surface area contributed by atoms with Crippen LogP contribution in [0.2, 0.25) is 0 Å². The number of carbonyl (C=O) groups is 2. The molecular weight excluding hydrogens is 373 g/mol. The highest BCUT2D eigenvalue weighted by Gasteiger charge is 2.44. The minimum absolute atomic E-state index is 0.141. The van der Waals surface area contributed by atoms with E-state index < -0.39 is 29.3 Å².